The third kappa shape index (κ3) is 2.59. The molecule has 4 heteroatoms. The fraction of sp³-hybridized carbons (Fsp3) is 0.810. The smallest absolute Gasteiger partial charge is 0.308 e. The van der Waals surface area contributed by atoms with Gasteiger partial charge in [-0.15, -0.1) is 0 Å². The first-order chi connectivity index (χ1) is 11.5. The van der Waals surface area contributed by atoms with Gasteiger partial charge in [-0.1, -0.05) is 33.8 Å². The van der Waals surface area contributed by atoms with Gasteiger partial charge in [0.25, 0.3) is 0 Å². The van der Waals surface area contributed by atoms with Crippen LogP contribution >= 0.6 is 0 Å². The van der Waals surface area contributed by atoms with Crippen LogP contribution in [0, 0.1) is 16.7 Å². The van der Waals surface area contributed by atoms with Crippen molar-refractivity contribution in [3.63, 3.8) is 0 Å². The number of rotatable bonds is 2. The molecule has 4 atom stereocenters. The number of esters is 1. The molecule has 2 saturated carbocycles. The molecule has 2 aliphatic carbocycles. The van der Waals surface area contributed by atoms with Gasteiger partial charge in [0.15, 0.2) is 0 Å². The highest BCUT2D eigenvalue weighted by atomic mass is 16.5. The van der Waals surface area contributed by atoms with Gasteiger partial charge in [-0.2, -0.15) is 0 Å². The van der Waals surface area contributed by atoms with E-state index >= 15 is 0 Å². The molecule has 3 rings (SSSR count). The van der Waals surface area contributed by atoms with Gasteiger partial charge in [0, 0.05) is 17.8 Å². The van der Waals surface area contributed by atoms with Crippen molar-refractivity contribution in [2.24, 2.45) is 16.7 Å². The lowest BCUT2D eigenvalue weighted by atomic mass is 9.45. The number of ketones is 1. The van der Waals surface area contributed by atoms with E-state index in [1.165, 1.54) is 7.11 Å². The lowest BCUT2D eigenvalue weighted by Gasteiger charge is -2.61. The van der Waals surface area contributed by atoms with Crippen molar-refractivity contribution in [1.82, 2.24) is 0 Å². The molecule has 4 nitrogen and oxygen atoms in total. The van der Waals surface area contributed by atoms with E-state index in [0.717, 1.165) is 37.7 Å². The second-order valence-corrected chi connectivity index (χ2v) is 9.57. The summed E-state index contributed by atoms with van der Waals surface area (Å²) in [5.74, 6) is 0.0513. The summed E-state index contributed by atoms with van der Waals surface area (Å²) in [4.78, 5) is 24.9. The first kappa shape index (κ1) is 18.6. The van der Waals surface area contributed by atoms with Crippen molar-refractivity contribution in [1.29, 1.82) is 0 Å². The Labute approximate surface area is 151 Å². The maximum absolute atomic E-state index is 13.0. The van der Waals surface area contributed by atoms with Crippen LogP contribution in [-0.4, -0.2) is 30.1 Å². The Morgan fingerprint density at radius 1 is 1.20 bits per heavy atom. The summed E-state index contributed by atoms with van der Waals surface area (Å²) in [5, 5.41) is 0. The number of fused-ring (bicyclic) bond motifs is 2. The van der Waals surface area contributed by atoms with Gasteiger partial charge >= 0.3 is 5.97 Å². The predicted octanol–water partition coefficient (Wildman–Crippen LogP) is 4.22. The highest BCUT2D eigenvalue weighted by Crippen LogP contribution is 2.66. The minimum Gasteiger partial charge on any atom is -0.469 e. The predicted molar refractivity (Wildman–Crippen MR) is 96.1 cm³/mol. The number of Topliss-reactive ketones (excluding diaryl/α,β-unsaturated/α-hetero) is 1. The third-order valence-electron chi connectivity index (χ3n) is 7.31. The summed E-state index contributed by atoms with van der Waals surface area (Å²) < 4.78 is 11.6. The van der Waals surface area contributed by atoms with Crippen molar-refractivity contribution in [3.8, 4) is 0 Å². The van der Waals surface area contributed by atoms with Gasteiger partial charge in [0.2, 0.25) is 0 Å². The second kappa shape index (κ2) is 5.67. The Bertz CT molecular complexity index is 621. The van der Waals surface area contributed by atoms with Crippen LogP contribution in [0.1, 0.15) is 72.6 Å². The van der Waals surface area contributed by atoms with E-state index in [0.29, 0.717) is 12.2 Å². The molecule has 0 amide bonds. The van der Waals surface area contributed by atoms with E-state index in [1.807, 2.05) is 6.92 Å². The molecule has 0 aromatic heterocycles. The average molecular weight is 348 g/mol. The maximum Gasteiger partial charge on any atom is 0.308 e. The maximum atomic E-state index is 13.0. The van der Waals surface area contributed by atoms with E-state index in [2.05, 4.69) is 27.4 Å². The average Bonchev–Trinajstić information content (AvgIpc) is 2.84. The standard InChI is InChI=1S/C21H32O4/c1-14-12-15(22)17-18(2,3)8-7-9-20(17,5)21(14)11-10-19(4,25-21)13-16(23)24-6/h17H,1,7-13H2,2-6H3/t17-,19-,20-,21+/m0/s1. The molecule has 3 fully saturated rings. The lowest BCUT2D eigenvalue weighted by molar-refractivity contribution is -0.201. The van der Waals surface area contributed by atoms with E-state index < -0.39 is 11.2 Å². The highest BCUT2D eigenvalue weighted by molar-refractivity contribution is 5.87. The van der Waals surface area contributed by atoms with Crippen LogP contribution < -0.4 is 0 Å². The monoisotopic (exact) mass is 348 g/mol. The van der Waals surface area contributed by atoms with E-state index in [9.17, 15) is 9.59 Å². The zero-order valence-electron chi connectivity index (χ0n) is 16.4. The molecular formula is C21H32O4. The van der Waals surface area contributed by atoms with Crippen molar-refractivity contribution in [2.45, 2.75) is 83.8 Å². The van der Waals surface area contributed by atoms with Crippen LogP contribution in [0.15, 0.2) is 12.2 Å². The minimum absolute atomic E-state index is 0.0141. The summed E-state index contributed by atoms with van der Waals surface area (Å²) in [6.07, 6.45) is 5.41. The van der Waals surface area contributed by atoms with E-state index in [-0.39, 0.29) is 29.1 Å². The van der Waals surface area contributed by atoms with Crippen LogP contribution in [0.3, 0.4) is 0 Å². The normalized spacial score (nSPS) is 43.2. The lowest BCUT2D eigenvalue weighted by Crippen LogP contribution is -2.63. The summed E-state index contributed by atoms with van der Waals surface area (Å²) in [5.41, 5.74) is -0.433. The molecule has 0 N–H and O–H groups in total. The molecule has 0 radical (unpaired) electrons. The van der Waals surface area contributed by atoms with Gasteiger partial charge in [-0.25, -0.2) is 0 Å². The van der Waals surface area contributed by atoms with Gasteiger partial charge in [-0.3, -0.25) is 9.59 Å². The Morgan fingerprint density at radius 2 is 1.88 bits per heavy atom. The van der Waals surface area contributed by atoms with Crippen molar-refractivity contribution in [2.75, 3.05) is 7.11 Å². The van der Waals surface area contributed by atoms with Crippen LogP contribution in [0.25, 0.3) is 0 Å². The third-order valence-corrected chi connectivity index (χ3v) is 7.31. The number of carbonyl (C=O) groups is 2. The number of ether oxygens (including phenoxy) is 2. The van der Waals surface area contributed by atoms with E-state index in [1.54, 1.807) is 0 Å². The Hall–Kier alpha value is -1.16. The van der Waals surface area contributed by atoms with Crippen LogP contribution in [0.4, 0.5) is 0 Å². The molecule has 0 unspecified atom stereocenters. The Morgan fingerprint density at radius 3 is 2.52 bits per heavy atom. The zero-order chi connectivity index (χ0) is 18.7. The fourth-order valence-corrected chi connectivity index (χ4v) is 6.26. The summed E-state index contributed by atoms with van der Waals surface area (Å²) in [7, 11) is 1.41. The van der Waals surface area contributed by atoms with E-state index in [4.69, 9.17) is 9.47 Å². The first-order valence-electron chi connectivity index (χ1n) is 9.48. The summed E-state index contributed by atoms with van der Waals surface area (Å²) in [6, 6.07) is 0. The van der Waals surface area contributed by atoms with Gasteiger partial charge in [-0.05, 0) is 43.6 Å². The first-order valence-corrected chi connectivity index (χ1v) is 9.48. The molecular weight excluding hydrogens is 316 g/mol. The highest BCUT2D eigenvalue weighted by Gasteiger charge is 2.67. The quantitative estimate of drug-likeness (QED) is 0.554. The molecule has 0 aromatic rings. The molecule has 3 aliphatic rings. The number of hydrogen-bond acceptors (Lipinski definition) is 4. The molecule has 0 aromatic carbocycles. The number of methoxy groups -OCH3 is 1. The van der Waals surface area contributed by atoms with Crippen LogP contribution in [-0.2, 0) is 19.1 Å². The topological polar surface area (TPSA) is 52.6 Å². The Kier molecular flexibility index (Phi) is 4.22. The summed E-state index contributed by atoms with van der Waals surface area (Å²) >= 11 is 0. The Balaban J connectivity index is 2.01. The fourth-order valence-electron chi connectivity index (χ4n) is 6.26. The zero-order valence-corrected chi connectivity index (χ0v) is 16.4. The largest absolute Gasteiger partial charge is 0.469 e. The second-order valence-electron chi connectivity index (χ2n) is 9.57. The number of hydrogen-bond donors (Lipinski definition) is 0. The molecule has 140 valence electrons. The van der Waals surface area contributed by atoms with Crippen molar-refractivity contribution in [3.05, 3.63) is 12.2 Å². The molecule has 1 saturated heterocycles. The van der Waals surface area contributed by atoms with Gasteiger partial charge in [0.1, 0.15) is 5.78 Å². The molecule has 0 bridgehead atoms. The SMILES string of the molecule is C=C1CC(=O)[C@H]2C(C)(C)CCC[C@]2(C)[C@@]12CC[C@@](C)(CC(=O)OC)O2. The van der Waals surface area contributed by atoms with Gasteiger partial charge in [0.05, 0.1) is 24.7 Å². The summed E-state index contributed by atoms with van der Waals surface area (Å²) in [6.45, 7) is 12.9. The van der Waals surface area contributed by atoms with Crippen molar-refractivity contribution < 1.29 is 19.1 Å². The molecule has 1 spiro atoms. The molecule has 1 aliphatic heterocycles. The number of carbonyl (C=O) groups excluding carboxylic acids is 2. The van der Waals surface area contributed by atoms with Crippen LogP contribution in [0.5, 0.6) is 0 Å². The molecule has 1 heterocycles. The van der Waals surface area contributed by atoms with Crippen LogP contribution in [0.2, 0.25) is 0 Å². The molecule has 25 heavy (non-hydrogen) atoms. The van der Waals surface area contributed by atoms with Crippen molar-refractivity contribution >= 4 is 11.8 Å². The van der Waals surface area contributed by atoms with Gasteiger partial charge < -0.3 is 9.47 Å². The minimum atomic E-state index is -0.550.